The van der Waals surface area contributed by atoms with Crippen LogP contribution in [0.5, 0.6) is 0 Å². The fourth-order valence-corrected chi connectivity index (χ4v) is 2.83. The van der Waals surface area contributed by atoms with E-state index in [9.17, 15) is 0 Å². The van der Waals surface area contributed by atoms with Crippen molar-refractivity contribution in [1.29, 1.82) is 0 Å². The van der Waals surface area contributed by atoms with Crippen LogP contribution in [0.1, 0.15) is 36.2 Å². The van der Waals surface area contributed by atoms with Gasteiger partial charge in [-0.3, -0.25) is 0 Å². The Hall–Kier alpha value is -1.74. The van der Waals surface area contributed by atoms with Crippen molar-refractivity contribution in [3.63, 3.8) is 0 Å². The number of nitrogens with zero attached hydrogens (tertiary/aromatic N) is 2. The summed E-state index contributed by atoms with van der Waals surface area (Å²) < 4.78 is 0. The SMILES string of the molecule is NCCc1cnc(C2(c3ccccc3)CCC2)nc1. The molecular weight excluding hydrogens is 234 g/mol. The summed E-state index contributed by atoms with van der Waals surface area (Å²) in [5.74, 6) is 0.964. The maximum atomic E-state index is 5.56. The molecule has 3 nitrogen and oxygen atoms in total. The summed E-state index contributed by atoms with van der Waals surface area (Å²) in [7, 11) is 0. The number of benzene rings is 1. The zero-order valence-corrected chi connectivity index (χ0v) is 11.0. The highest BCUT2D eigenvalue weighted by Crippen LogP contribution is 2.47. The highest BCUT2D eigenvalue weighted by atomic mass is 14.9. The van der Waals surface area contributed by atoms with Gasteiger partial charge in [-0.25, -0.2) is 9.97 Å². The van der Waals surface area contributed by atoms with Crippen molar-refractivity contribution in [1.82, 2.24) is 9.97 Å². The highest BCUT2D eigenvalue weighted by molar-refractivity contribution is 5.35. The average Bonchev–Trinajstić information content (AvgIpc) is 2.41. The molecule has 2 N–H and O–H groups in total. The van der Waals surface area contributed by atoms with Gasteiger partial charge in [-0.1, -0.05) is 36.8 Å². The molecule has 0 spiro atoms. The van der Waals surface area contributed by atoms with Crippen LogP contribution in [0.3, 0.4) is 0 Å². The third-order valence-corrected chi connectivity index (χ3v) is 4.10. The minimum atomic E-state index is 0.0442. The van der Waals surface area contributed by atoms with E-state index in [2.05, 4.69) is 40.3 Å². The molecule has 3 rings (SSSR count). The van der Waals surface area contributed by atoms with Crippen molar-refractivity contribution >= 4 is 0 Å². The molecule has 1 fully saturated rings. The van der Waals surface area contributed by atoms with Crippen LogP contribution in [0.15, 0.2) is 42.7 Å². The topological polar surface area (TPSA) is 51.8 Å². The van der Waals surface area contributed by atoms with Crippen molar-refractivity contribution in [2.24, 2.45) is 5.73 Å². The van der Waals surface area contributed by atoms with Crippen LogP contribution in [0, 0.1) is 0 Å². The van der Waals surface area contributed by atoms with Crippen molar-refractivity contribution in [3.8, 4) is 0 Å². The van der Waals surface area contributed by atoms with Gasteiger partial charge in [0.1, 0.15) is 5.82 Å². The number of nitrogens with two attached hydrogens (primary N) is 1. The Morgan fingerprint density at radius 3 is 2.26 bits per heavy atom. The first-order chi connectivity index (χ1) is 9.35. The fourth-order valence-electron chi connectivity index (χ4n) is 2.83. The first-order valence-corrected chi connectivity index (χ1v) is 6.92. The maximum Gasteiger partial charge on any atom is 0.138 e. The van der Waals surface area contributed by atoms with Gasteiger partial charge >= 0.3 is 0 Å². The average molecular weight is 253 g/mol. The van der Waals surface area contributed by atoms with E-state index in [1.54, 1.807) is 0 Å². The first kappa shape index (κ1) is 12.3. The molecular formula is C16H19N3. The van der Waals surface area contributed by atoms with Crippen LogP contribution in [0.4, 0.5) is 0 Å². The zero-order chi connectivity index (χ0) is 13.1. The summed E-state index contributed by atoms with van der Waals surface area (Å²) in [6, 6.07) is 10.6. The third kappa shape index (κ3) is 2.15. The van der Waals surface area contributed by atoms with Crippen LogP contribution in [-0.2, 0) is 11.8 Å². The molecule has 2 aromatic rings. The van der Waals surface area contributed by atoms with Crippen LogP contribution < -0.4 is 5.73 Å². The van der Waals surface area contributed by atoms with Crippen LogP contribution in [0.25, 0.3) is 0 Å². The first-order valence-electron chi connectivity index (χ1n) is 6.92. The second-order valence-corrected chi connectivity index (χ2v) is 5.26. The van der Waals surface area contributed by atoms with Crippen LogP contribution >= 0.6 is 0 Å². The maximum absolute atomic E-state index is 5.56. The molecule has 0 aliphatic heterocycles. The molecule has 1 saturated carbocycles. The second kappa shape index (κ2) is 5.10. The molecule has 1 heterocycles. The zero-order valence-electron chi connectivity index (χ0n) is 11.0. The number of aromatic nitrogens is 2. The summed E-state index contributed by atoms with van der Waals surface area (Å²) in [6.07, 6.45) is 8.25. The Morgan fingerprint density at radius 1 is 1.05 bits per heavy atom. The summed E-state index contributed by atoms with van der Waals surface area (Å²) in [5, 5.41) is 0. The quantitative estimate of drug-likeness (QED) is 0.910. The molecule has 1 aliphatic carbocycles. The second-order valence-electron chi connectivity index (χ2n) is 5.26. The molecule has 1 aliphatic rings. The molecule has 0 unspecified atom stereocenters. The van der Waals surface area contributed by atoms with Gasteiger partial charge in [0.05, 0.1) is 5.41 Å². The normalized spacial score (nSPS) is 16.9. The lowest BCUT2D eigenvalue weighted by molar-refractivity contribution is 0.285. The van der Waals surface area contributed by atoms with Gasteiger partial charge in [0.15, 0.2) is 0 Å². The minimum absolute atomic E-state index is 0.0442. The summed E-state index contributed by atoms with van der Waals surface area (Å²) in [6.45, 7) is 0.645. The Balaban J connectivity index is 1.94. The predicted octanol–water partition coefficient (Wildman–Crippen LogP) is 2.45. The molecule has 98 valence electrons. The minimum Gasteiger partial charge on any atom is -0.330 e. The van der Waals surface area contributed by atoms with E-state index in [4.69, 9.17) is 5.73 Å². The monoisotopic (exact) mass is 253 g/mol. The van der Waals surface area contributed by atoms with Gasteiger partial charge < -0.3 is 5.73 Å². The van der Waals surface area contributed by atoms with Gasteiger partial charge in [-0.05, 0) is 36.9 Å². The number of rotatable bonds is 4. The molecule has 0 atom stereocenters. The lowest BCUT2D eigenvalue weighted by Gasteiger charge is -2.40. The molecule has 1 aromatic carbocycles. The Kier molecular flexibility index (Phi) is 3.30. The van der Waals surface area contributed by atoms with Crippen molar-refractivity contribution in [2.45, 2.75) is 31.1 Å². The molecule has 0 bridgehead atoms. The molecule has 0 amide bonds. The molecule has 19 heavy (non-hydrogen) atoms. The summed E-state index contributed by atoms with van der Waals surface area (Å²) >= 11 is 0. The molecule has 0 saturated heterocycles. The van der Waals surface area contributed by atoms with E-state index in [-0.39, 0.29) is 5.41 Å². The van der Waals surface area contributed by atoms with E-state index < -0.39 is 0 Å². The standard InChI is InChI=1S/C16H19N3/c17-10-7-13-11-18-15(19-12-13)16(8-4-9-16)14-5-2-1-3-6-14/h1-3,5-6,11-12H,4,7-10,17H2. The van der Waals surface area contributed by atoms with E-state index in [1.807, 2.05) is 12.4 Å². The van der Waals surface area contributed by atoms with Crippen LogP contribution in [0.2, 0.25) is 0 Å². The predicted molar refractivity (Wildman–Crippen MR) is 75.9 cm³/mol. The van der Waals surface area contributed by atoms with Crippen molar-refractivity contribution < 1.29 is 0 Å². The van der Waals surface area contributed by atoms with E-state index >= 15 is 0 Å². The van der Waals surface area contributed by atoms with Gasteiger partial charge in [-0.15, -0.1) is 0 Å². The van der Waals surface area contributed by atoms with Gasteiger partial charge in [0.25, 0.3) is 0 Å². The lowest BCUT2D eigenvalue weighted by Crippen LogP contribution is -2.37. The summed E-state index contributed by atoms with van der Waals surface area (Å²) in [4.78, 5) is 9.20. The Labute approximate surface area is 113 Å². The van der Waals surface area contributed by atoms with Crippen LogP contribution in [-0.4, -0.2) is 16.5 Å². The van der Waals surface area contributed by atoms with Gasteiger partial charge in [0.2, 0.25) is 0 Å². The smallest absolute Gasteiger partial charge is 0.138 e. The van der Waals surface area contributed by atoms with E-state index in [1.165, 1.54) is 12.0 Å². The summed E-state index contributed by atoms with van der Waals surface area (Å²) in [5.41, 5.74) is 8.06. The Morgan fingerprint density at radius 2 is 1.74 bits per heavy atom. The fraction of sp³-hybridized carbons (Fsp3) is 0.375. The third-order valence-electron chi connectivity index (χ3n) is 4.10. The molecule has 1 aromatic heterocycles. The van der Waals surface area contributed by atoms with Crippen molar-refractivity contribution in [2.75, 3.05) is 6.54 Å². The highest BCUT2D eigenvalue weighted by Gasteiger charge is 2.42. The number of hydrogen-bond acceptors (Lipinski definition) is 3. The van der Waals surface area contributed by atoms with E-state index in [0.29, 0.717) is 6.54 Å². The largest absolute Gasteiger partial charge is 0.330 e. The van der Waals surface area contributed by atoms with Crippen molar-refractivity contribution in [3.05, 3.63) is 59.7 Å². The van der Waals surface area contributed by atoms with E-state index in [0.717, 1.165) is 30.7 Å². The molecule has 3 heteroatoms. The number of hydrogen-bond donors (Lipinski definition) is 1. The van der Waals surface area contributed by atoms with Gasteiger partial charge in [-0.2, -0.15) is 0 Å². The lowest BCUT2D eigenvalue weighted by atomic mass is 9.64. The Bertz CT molecular complexity index is 530. The molecule has 0 radical (unpaired) electrons. The van der Waals surface area contributed by atoms with Gasteiger partial charge in [0, 0.05) is 12.4 Å².